The van der Waals surface area contributed by atoms with Crippen molar-refractivity contribution in [1.29, 1.82) is 0 Å². The summed E-state index contributed by atoms with van der Waals surface area (Å²) in [6.45, 7) is 1.93. The number of fused-ring (bicyclic) bond motifs is 1. The molecule has 1 saturated heterocycles. The highest BCUT2D eigenvalue weighted by atomic mass is 79.9. The lowest BCUT2D eigenvalue weighted by molar-refractivity contribution is -0.126. The quantitative estimate of drug-likeness (QED) is 0.677. The van der Waals surface area contributed by atoms with E-state index in [1.165, 1.54) is 7.11 Å². The standard InChI is InChI=1S/C20H17BrN2O5/c1-10-4-6-13(12(21)8-10)23-19(24)16-17(22-28-18(16)20(23)25)11-5-7-14(26-2)15(9-11)27-3/h4-9,16,18H,1-3H3/t16-,18-/m1/s1. The number of ether oxygens (including phenoxy) is 2. The molecule has 7 nitrogen and oxygen atoms in total. The Morgan fingerprint density at radius 1 is 1.04 bits per heavy atom. The molecule has 2 aromatic carbocycles. The molecule has 0 N–H and O–H groups in total. The van der Waals surface area contributed by atoms with Crippen molar-refractivity contribution in [3.63, 3.8) is 0 Å². The topological polar surface area (TPSA) is 77.4 Å². The maximum Gasteiger partial charge on any atom is 0.279 e. The number of oxime groups is 1. The van der Waals surface area contributed by atoms with E-state index in [0.717, 1.165) is 10.5 Å². The van der Waals surface area contributed by atoms with Gasteiger partial charge in [0.15, 0.2) is 11.5 Å². The third-order valence-corrected chi connectivity index (χ3v) is 5.47. The fourth-order valence-electron chi connectivity index (χ4n) is 3.44. The van der Waals surface area contributed by atoms with Crippen LogP contribution >= 0.6 is 15.9 Å². The highest BCUT2D eigenvalue weighted by Crippen LogP contribution is 2.39. The number of carbonyl (C=O) groups excluding carboxylic acids is 2. The summed E-state index contributed by atoms with van der Waals surface area (Å²) < 4.78 is 11.2. The Kier molecular flexibility index (Phi) is 4.58. The molecule has 28 heavy (non-hydrogen) atoms. The van der Waals surface area contributed by atoms with Crippen LogP contribution in [0.4, 0.5) is 5.69 Å². The molecule has 1 fully saturated rings. The minimum atomic E-state index is -0.969. The summed E-state index contributed by atoms with van der Waals surface area (Å²) in [6.07, 6.45) is -0.969. The third-order valence-electron chi connectivity index (χ3n) is 4.84. The van der Waals surface area contributed by atoms with Gasteiger partial charge in [0, 0.05) is 10.0 Å². The van der Waals surface area contributed by atoms with Gasteiger partial charge in [-0.3, -0.25) is 9.59 Å². The molecule has 0 aromatic heterocycles. The van der Waals surface area contributed by atoms with Crippen LogP contribution in [0.2, 0.25) is 0 Å². The van der Waals surface area contributed by atoms with E-state index < -0.39 is 17.9 Å². The Balaban J connectivity index is 1.71. The average Bonchev–Trinajstić information content (AvgIpc) is 3.22. The van der Waals surface area contributed by atoms with Crippen LogP contribution in [0.1, 0.15) is 11.1 Å². The van der Waals surface area contributed by atoms with E-state index in [-0.39, 0.29) is 5.91 Å². The molecule has 2 amide bonds. The van der Waals surface area contributed by atoms with Crippen molar-refractivity contribution in [3.05, 3.63) is 52.0 Å². The van der Waals surface area contributed by atoms with Crippen LogP contribution in [0.5, 0.6) is 11.5 Å². The number of imide groups is 1. The number of benzene rings is 2. The Morgan fingerprint density at radius 3 is 2.46 bits per heavy atom. The average molecular weight is 445 g/mol. The number of aryl methyl sites for hydroxylation is 1. The molecule has 0 radical (unpaired) electrons. The van der Waals surface area contributed by atoms with Crippen molar-refractivity contribution in [2.75, 3.05) is 19.1 Å². The van der Waals surface area contributed by atoms with Crippen molar-refractivity contribution in [1.82, 2.24) is 0 Å². The van der Waals surface area contributed by atoms with Gasteiger partial charge in [-0.25, -0.2) is 4.90 Å². The molecule has 2 atom stereocenters. The fourth-order valence-corrected chi connectivity index (χ4v) is 4.11. The molecule has 0 saturated carbocycles. The first-order valence-electron chi connectivity index (χ1n) is 8.56. The van der Waals surface area contributed by atoms with E-state index in [4.69, 9.17) is 14.3 Å². The van der Waals surface area contributed by atoms with Crippen LogP contribution in [0.3, 0.4) is 0 Å². The summed E-state index contributed by atoms with van der Waals surface area (Å²) in [6, 6.07) is 10.6. The maximum absolute atomic E-state index is 13.2. The summed E-state index contributed by atoms with van der Waals surface area (Å²) in [5, 5.41) is 4.03. The molecular formula is C20H17BrN2O5. The SMILES string of the molecule is COc1ccc(C2=NO[C@H]3C(=O)N(c4ccc(C)cc4Br)C(=O)[C@H]23)cc1OC. The van der Waals surface area contributed by atoms with E-state index in [9.17, 15) is 9.59 Å². The number of hydrogen-bond donors (Lipinski definition) is 0. The first kappa shape index (κ1) is 18.5. The number of hydrogen-bond acceptors (Lipinski definition) is 6. The van der Waals surface area contributed by atoms with Crippen molar-refractivity contribution in [2.45, 2.75) is 13.0 Å². The van der Waals surface area contributed by atoms with Gasteiger partial charge in [0.2, 0.25) is 12.0 Å². The molecule has 144 valence electrons. The van der Waals surface area contributed by atoms with Crippen LogP contribution in [-0.2, 0) is 14.4 Å². The number of rotatable bonds is 4. The highest BCUT2D eigenvalue weighted by molar-refractivity contribution is 9.10. The van der Waals surface area contributed by atoms with Gasteiger partial charge in [-0.1, -0.05) is 11.2 Å². The predicted octanol–water partition coefficient (Wildman–Crippen LogP) is 3.07. The Morgan fingerprint density at radius 2 is 1.79 bits per heavy atom. The van der Waals surface area contributed by atoms with E-state index in [1.807, 2.05) is 19.1 Å². The van der Waals surface area contributed by atoms with Gasteiger partial charge < -0.3 is 14.3 Å². The molecule has 2 aliphatic heterocycles. The van der Waals surface area contributed by atoms with Gasteiger partial charge in [-0.05, 0) is 58.7 Å². The third kappa shape index (κ3) is 2.75. The first-order chi connectivity index (χ1) is 13.5. The Hall–Kier alpha value is -2.87. The highest BCUT2D eigenvalue weighted by Gasteiger charge is 2.56. The zero-order chi connectivity index (χ0) is 20.0. The van der Waals surface area contributed by atoms with Crippen LogP contribution in [0, 0.1) is 12.8 Å². The van der Waals surface area contributed by atoms with E-state index in [0.29, 0.717) is 32.9 Å². The minimum Gasteiger partial charge on any atom is -0.493 e. The van der Waals surface area contributed by atoms with Crippen LogP contribution in [0.15, 0.2) is 46.0 Å². The second-order valence-electron chi connectivity index (χ2n) is 6.52. The van der Waals surface area contributed by atoms with Crippen molar-refractivity contribution >= 4 is 39.1 Å². The lowest BCUT2D eigenvalue weighted by Crippen LogP contribution is -2.33. The lowest BCUT2D eigenvalue weighted by atomic mass is 9.94. The van der Waals surface area contributed by atoms with Gasteiger partial charge in [0.25, 0.3) is 5.91 Å². The van der Waals surface area contributed by atoms with Gasteiger partial charge in [-0.15, -0.1) is 0 Å². The number of methoxy groups -OCH3 is 2. The normalized spacial score (nSPS) is 20.7. The molecular weight excluding hydrogens is 428 g/mol. The van der Waals surface area contributed by atoms with Crippen LogP contribution in [-0.4, -0.2) is 37.8 Å². The molecule has 2 aliphatic rings. The number of halogens is 1. The molecule has 2 aromatic rings. The smallest absolute Gasteiger partial charge is 0.279 e. The number of anilines is 1. The summed E-state index contributed by atoms with van der Waals surface area (Å²) in [4.78, 5) is 32.6. The number of nitrogens with zero attached hydrogens (tertiary/aromatic N) is 2. The minimum absolute atomic E-state index is 0.370. The molecule has 0 aliphatic carbocycles. The van der Waals surface area contributed by atoms with E-state index >= 15 is 0 Å². The molecule has 2 heterocycles. The molecule has 4 rings (SSSR count). The van der Waals surface area contributed by atoms with Gasteiger partial charge in [0.05, 0.1) is 19.9 Å². The molecule has 8 heteroatoms. The molecule has 0 spiro atoms. The molecule has 0 unspecified atom stereocenters. The monoisotopic (exact) mass is 444 g/mol. The molecule has 0 bridgehead atoms. The second kappa shape index (κ2) is 6.94. The summed E-state index contributed by atoms with van der Waals surface area (Å²) >= 11 is 3.44. The van der Waals surface area contributed by atoms with Gasteiger partial charge in [0.1, 0.15) is 11.6 Å². The first-order valence-corrected chi connectivity index (χ1v) is 9.35. The van der Waals surface area contributed by atoms with Crippen molar-refractivity contribution < 1.29 is 23.9 Å². The number of amides is 2. The van der Waals surface area contributed by atoms with E-state index in [1.54, 1.807) is 31.4 Å². The Bertz CT molecular complexity index is 1020. The van der Waals surface area contributed by atoms with Crippen molar-refractivity contribution in [2.24, 2.45) is 11.1 Å². The zero-order valence-corrected chi connectivity index (χ0v) is 17.0. The summed E-state index contributed by atoms with van der Waals surface area (Å²) in [5.41, 5.74) is 2.54. The largest absolute Gasteiger partial charge is 0.493 e. The van der Waals surface area contributed by atoms with Crippen LogP contribution in [0.25, 0.3) is 0 Å². The number of carbonyl (C=O) groups is 2. The second-order valence-corrected chi connectivity index (χ2v) is 7.37. The summed E-state index contributed by atoms with van der Waals surface area (Å²) in [7, 11) is 3.07. The zero-order valence-electron chi connectivity index (χ0n) is 15.4. The lowest BCUT2D eigenvalue weighted by Gasteiger charge is -2.17. The maximum atomic E-state index is 13.2. The summed E-state index contributed by atoms with van der Waals surface area (Å²) in [5.74, 6) is -0.550. The predicted molar refractivity (Wildman–Crippen MR) is 106 cm³/mol. The Labute approximate surface area is 170 Å². The van der Waals surface area contributed by atoms with Crippen molar-refractivity contribution in [3.8, 4) is 11.5 Å². The van der Waals surface area contributed by atoms with Gasteiger partial charge in [-0.2, -0.15) is 0 Å². The van der Waals surface area contributed by atoms with Gasteiger partial charge >= 0.3 is 0 Å². The fraction of sp³-hybridized carbons (Fsp3) is 0.250. The van der Waals surface area contributed by atoms with Crippen LogP contribution < -0.4 is 14.4 Å². The van der Waals surface area contributed by atoms with E-state index in [2.05, 4.69) is 21.1 Å².